The minimum Gasteiger partial charge on any atom is -0.496 e. The molecule has 0 saturated heterocycles. The molecule has 10 heteroatoms. The van der Waals surface area contributed by atoms with Gasteiger partial charge in [-0.3, -0.25) is 14.3 Å². The van der Waals surface area contributed by atoms with E-state index in [1.165, 1.54) is 0 Å². The van der Waals surface area contributed by atoms with Crippen molar-refractivity contribution in [3.05, 3.63) is 48.5 Å². The van der Waals surface area contributed by atoms with E-state index in [2.05, 4.69) is 15.4 Å². The molecule has 3 heterocycles. The van der Waals surface area contributed by atoms with Crippen molar-refractivity contribution in [2.45, 2.75) is 44.7 Å². The van der Waals surface area contributed by atoms with Gasteiger partial charge in [0, 0.05) is 50.1 Å². The first-order valence-corrected chi connectivity index (χ1v) is 11.3. The SMILES string of the molecule is COc1cc2nn([C@H]3CC[C@H](N(C)C(C)=O)CC3)cc2cc1C(=O)Nc1cnn2cccnc12. The standard InChI is InChI=1S/C24H27N7O3/c1-15(32)29(2)17-5-7-18(8-6-17)31-14-16-11-19(22(34-3)12-20(16)28-31)24(33)27-21-13-26-30-10-4-9-25-23(21)30/h4,9-14,17-18H,5-8H2,1-3H3,(H,27,33)/t17-,18-. The largest absolute Gasteiger partial charge is 0.496 e. The third kappa shape index (κ3) is 3.95. The maximum Gasteiger partial charge on any atom is 0.259 e. The molecule has 1 aliphatic rings. The summed E-state index contributed by atoms with van der Waals surface area (Å²) in [6, 6.07) is 5.92. The van der Waals surface area contributed by atoms with Crippen molar-refractivity contribution in [3.63, 3.8) is 0 Å². The van der Waals surface area contributed by atoms with Crippen LogP contribution in [-0.4, -0.2) is 61.3 Å². The van der Waals surface area contributed by atoms with E-state index in [4.69, 9.17) is 9.84 Å². The van der Waals surface area contributed by atoms with E-state index < -0.39 is 0 Å². The number of amides is 2. The molecule has 1 N–H and O–H groups in total. The highest BCUT2D eigenvalue weighted by Gasteiger charge is 2.27. The van der Waals surface area contributed by atoms with E-state index in [0.29, 0.717) is 22.6 Å². The first-order valence-electron chi connectivity index (χ1n) is 11.3. The van der Waals surface area contributed by atoms with Gasteiger partial charge in [-0.15, -0.1) is 0 Å². The number of methoxy groups -OCH3 is 1. The highest BCUT2D eigenvalue weighted by atomic mass is 16.5. The Morgan fingerprint density at radius 1 is 1.21 bits per heavy atom. The van der Waals surface area contributed by atoms with Crippen LogP contribution >= 0.6 is 0 Å². The van der Waals surface area contributed by atoms with Crippen molar-refractivity contribution in [2.24, 2.45) is 0 Å². The second kappa shape index (κ2) is 8.77. The Labute approximate surface area is 196 Å². The van der Waals surface area contributed by atoms with Crippen LogP contribution in [0.25, 0.3) is 16.6 Å². The Morgan fingerprint density at radius 2 is 2.00 bits per heavy atom. The highest BCUT2D eigenvalue weighted by molar-refractivity contribution is 6.09. The van der Waals surface area contributed by atoms with Crippen molar-refractivity contribution in [1.82, 2.24) is 29.3 Å². The van der Waals surface area contributed by atoms with E-state index in [-0.39, 0.29) is 23.9 Å². The summed E-state index contributed by atoms with van der Waals surface area (Å²) in [6.07, 6.45) is 10.8. The zero-order valence-corrected chi connectivity index (χ0v) is 19.4. The number of rotatable bonds is 5. The number of hydrogen-bond acceptors (Lipinski definition) is 6. The molecular weight excluding hydrogens is 434 g/mol. The molecule has 10 nitrogen and oxygen atoms in total. The smallest absolute Gasteiger partial charge is 0.259 e. The minimum absolute atomic E-state index is 0.103. The number of nitrogens with one attached hydrogen (secondary N) is 1. The topological polar surface area (TPSA) is 107 Å². The van der Waals surface area contributed by atoms with Crippen LogP contribution in [0.15, 0.2) is 43.0 Å². The van der Waals surface area contributed by atoms with Gasteiger partial charge in [0.05, 0.1) is 30.4 Å². The molecule has 1 aromatic carbocycles. The lowest BCUT2D eigenvalue weighted by Crippen LogP contribution is -2.38. The molecule has 1 aliphatic carbocycles. The summed E-state index contributed by atoms with van der Waals surface area (Å²) >= 11 is 0. The average Bonchev–Trinajstić information content (AvgIpc) is 3.46. The maximum atomic E-state index is 13.1. The summed E-state index contributed by atoms with van der Waals surface area (Å²) in [7, 11) is 3.41. The van der Waals surface area contributed by atoms with E-state index in [1.54, 1.807) is 55.3 Å². The molecule has 34 heavy (non-hydrogen) atoms. The van der Waals surface area contributed by atoms with Gasteiger partial charge >= 0.3 is 0 Å². The van der Waals surface area contributed by atoms with Crippen molar-refractivity contribution in [1.29, 1.82) is 0 Å². The van der Waals surface area contributed by atoms with Gasteiger partial charge in [0.2, 0.25) is 5.91 Å². The molecule has 1 fully saturated rings. The van der Waals surface area contributed by atoms with Gasteiger partial charge in [-0.2, -0.15) is 10.2 Å². The van der Waals surface area contributed by atoms with Crippen molar-refractivity contribution in [3.8, 4) is 5.75 Å². The second-order valence-electron chi connectivity index (χ2n) is 8.71. The van der Waals surface area contributed by atoms with Gasteiger partial charge in [0.15, 0.2) is 5.65 Å². The number of benzene rings is 1. The van der Waals surface area contributed by atoms with Gasteiger partial charge in [-0.25, -0.2) is 9.50 Å². The lowest BCUT2D eigenvalue weighted by atomic mass is 9.90. The van der Waals surface area contributed by atoms with Crippen LogP contribution < -0.4 is 10.1 Å². The lowest BCUT2D eigenvalue weighted by molar-refractivity contribution is -0.130. The Kier molecular flexibility index (Phi) is 5.64. The van der Waals surface area contributed by atoms with Gasteiger partial charge < -0.3 is 15.0 Å². The van der Waals surface area contributed by atoms with Gasteiger partial charge in [-0.05, 0) is 37.8 Å². The molecule has 4 aromatic rings. The van der Waals surface area contributed by atoms with E-state index in [9.17, 15) is 9.59 Å². The number of aromatic nitrogens is 5. The van der Waals surface area contributed by atoms with Crippen molar-refractivity contribution < 1.29 is 14.3 Å². The predicted molar refractivity (Wildman–Crippen MR) is 127 cm³/mol. The molecule has 2 amide bonds. The van der Waals surface area contributed by atoms with Crippen molar-refractivity contribution in [2.75, 3.05) is 19.5 Å². The molecule has 176 valence electrons. The van der Waals surface area contributed by atoms with Crippen LogP contribution in [0.2, 0.25) is 0 Å². The van der Waals surface area contributed by atoms with Crippen LogP contribution in [0.5, 0.6) is 5.75 Å². The van der Waals surface area contributed by atoms with Gasteiger partial charge in [0.25, 0.3) is 5.91 Å². The van der Waals surface area contributed by atoms with Crippen LogP contribution in [0, 0.1) is 0 Å². The van der Waals surface area contributed by atoms with Crippen LogP contribution in [-0.2, 0) is 4.79 Å². The Hall–Kier alpha value is -3.95. The minimum atomic E-state index is -0.306. The second-order valence-corrected chi connectivity index (χ2v) is 8.71. The Balaban J connectivity index is 1.38. The normalized spacial score (nSPS) is 18.2. The lowest BCUT2D eigenvalue weighted by Gasteiger charge is -2.34. The predicted octanol–water partition coefficient (Wildman–Crippen LogP) is 3.30. The Bertz CT molecular complexity index is 1370. The van der Waals surface area contributed by atoms with Crippen molar-refractivity contribution >= 4 is 34.1 Å². The number of nitrogens with zero attached hydrogens (tertiary/aromatic N) is 6. The van der Waals surface area contributed by atoms with E-state index in [0.717, 1.165) is 36.6 Å². The molecular formula is C24H27N7O3. The van der Waals surface area contributed by atoms with E-state index in [1.807, 2.05) is 22.8 Å². The third-order valence-electron chi connectivity index (χ3n) is 6.70. The highest BCUT2D eigenvalue weighted by Crippen LogP contribution is 2.33. The van der Waals surface area contributed by atoms with Crippen LogP contribution in [0.4, 0.5) is 5.69 Å². The molecule has 0 bridgehead atoms. The average molecular weight is 462 g/mol. The number of anilines is 1. The number of ether oxygens (including phenoxy) is 1. The first-order chi connectivity index (χ1) is 16.4. The molecule has 0 radical (unpaired) electrons. The molecule has 5 rings (SSSR count). The van der Waals surface area contributed by atoms with Crippen LogP contribution in [0.1, 0.15) is 49.0 Å². The van der Waals surface area contributed by atoms with Gasteiger partial charge in [-0.1, -0.05) is 0 Å². The summed E-state index contributed by atoms with van der Waals surface area (Å²) < 4.78 is 9.11. The molecule has 3 aromatic heterocycles. The zero-order valence-electron chi connectivity index (χ0n) is 19.4. The molecule has 0 atom stereocenters. The summed E-state index contributed by atoms with van der Waals surface area (Å²) in [5.41, 5.74) is 2.27. The van der Waals surface area contributed by atoms with Gasteiger partial charge in [0.1, 0.15) is 11.4 Å². The summed E-state index contributed by atoms with van der Waals surface area (Å²) in [4.78, 5) is 30.9. The Morgan fingerprint density at radius 3 is 2.74 bits per heavy atom. The number of hydrogen-bond donors (Lipinski definition) is 1. The number of carbonyl (C=O) groups excluding carboxylic acids is 2. The van der Waals surface area contributed by atoms with E-state index >= 15 is 0 Å². The summed E-state index contributed by atoms with van der Waals surface area (Å²) in [5.74, 6) is 0.248. The summed E-state index contributed by atoms with van der Waals surface area (Å²) in [6.45, 7) is 1.61. The number of fused-ring (bicyclic) bond motifs is 2. The third-order valence-corrected chi connectivity index (χ3v) is 6.70. The fraction of sp³-hybridized carbons (Fsp3) is 0.375. The fourth-order valence-electron chi connectivity index (χ4n) is 4.68. The molecule has 0 aliphatic heterocycles. The quantitative estimate of drug-likeness (QED) is 0.489. The maximum absolute atomic E-state index is 13.1. The monoisotopic (exact) mass is 461 g/mol. The zero-order chi connectivity index (χ0) is 23.8. The van der Waals surface area contributed by atoms with Crippen LogP contribution in [0.3, 0.4) is 0 Å². The molecule has 0 spiro atoms. The summed E-state index contributed by atoms with van der Waals surface area (Å²) in [5, 5.41) is 12.7. The molecule has 1 saturated carbocycles. The molecule has 0 unspecified atom stereocenters. The fourth-order valence-corrected chi connectivity index (χ4v) is 4.68. The number of carbonyl (C=O) groups is 2. The first kappa shape index (κ1) is 21.9.